The van der Waals surface area contributed by atoms with Crippen LogP contribution < -0.4 is 0 Å². The van der Waals surface area contributed by atoms with E-state index in [2.05, 4.69) is 0 Å². The minimum Gasteiger partial charge on any atom is -0.298 e. The molecule has 0 spiro atoms. The summed E-state index contributed by atoms with van der Waals surface area (Å²) in [5.41, 5.74) is 0.0406. The zero-order chi connectivity index (χ0) is 8.43. The van der Waals surface area contributed by atoms with Crippen LogP contribution in [0.1, 0.15) is 10.4 Å². The lowest BCUT2D eigenvalue weighted by Gasteiger charge is -1.97. The van der Waals surface area contributed by atoms with Gasteiger partial charge in [-0.1, -0.05) is 11.6 Å². The van der Waals surface area contributed by atoms with Crippen LogP contribution in [-0.2, 0) is 0 Å². The van der Waals surface area contributed by atoms with Gasteiger partial charge in [0.05, 0.1) is 10.6 Å². The third-order valence-corrected chi connectivity index (χ3v) is 2.69. The first-order chi connectivity index (χ1) is 5.15. The highest BCUT2D eigenvalue weighted by Crippen LogP contribution is 2.21. The summed E-state index contributed by atoms with van der Waals surface area (Å²) in [5.74, 6) is -0.578. The SMILES string of the molecule is O=Cc1cc(I)c(Cl)cc1F. The van der Waals surface area contributed by atoms with Gasteiger partial charge in [0.1, 0.15) is 5.82 Å². The lowest BCUT2D eigenvalue weighted by atomic mass is 10.2. The number of benzene rings is 1. The van der Waals surface area contributed by atoms with E-state index in [1.54, 1.807) is 0 Å². The Morgan fingerprint density at radius 1 is 1.55 bits per heavy atom. The second kappa shape index (κ2) is 3.49. The van der Waals surface area contributed by atoms with E-state index in [1.165, 1.54) is 6.07 Å². The smallest absolute Gasteiger partial charge is 0.153 e. The number of carbonyl (C=O) groups excluding carboxylic acids is 1. The highest BCUT2D eigenvalue weighted by molar-refractivity contribution is 14.1. The Morgan fingerprint density at radius 3 is 2.73 bits per heavy atom. The number of carbonyl (C=O) groups is 1. The van der Waals surface area contributed by atoms with Crippen LogP contribution in [0.5, 0.6) is 0 Å². The summed E-state index contributed by atoms with van der Waals surface area (Å²) in [6.07, 6.45) is 0.466. The van der Waals surface area contributed by atoms with Crippen LogP contribution >= 0.6 is 34.2 Å². The molecule has 0 amide bonds. The third kappa shape index (κ3) is 1.90. The van der Waals surface area contributed by atoms with Gasteiger partial charge in [-0.05, 0) is 34.7 Å². The fraction of sp³-hybridized carbons (Fsp3) is 0. The Kier molecular flexibility index (Phi) is 2.84. The molecular formula is C7H3ClFIO. The van der Waals surface area contributed by atoms with Crippen LogP contribution in [-0.4, -0.2) is 6.29 Å². The van der Waals surface area contributed by atoms with E-state index >= 15 is 0 Å². The maximum Gasteiger partial charge on any atom is 0.153 e. The number of halogens is 3. The Labute approximate surface area is 81.7 Å². The average Bonchev–Trinajstić information content (AvgIpc) is 1.97. The molecule has 1 rings (SSSR count). The molecule has 0 aliphatic carbocycles. The summed E-state index contributed by atoms with van der Waals surface area (Å²) in [7, 11) is 0. The number of rotatable bonds is 1. The van der Waals surface area contributed by atoms with Crippen molar-refractivity contribution in [3.05, 3.63) is 32.1 Å². The lowest BCUT2D eigenvalue weighted by molar-refractivity contribution is 0.112. The standard InChI is InChI=1S/C7H3ClFIO/c8-5-2-6(9)4(3-11)1-7(5)10/h1-3H. The van der Waals surface area contributed by atoms with Gasteiger partial charge in [0, 0.05) is 3.57 Å². The molecule has 11 heavy (non-hydrogen) atoms. The van der Waals surface area contributed by atoms with Gasteiger partial charge in [0.2, 0.25) is 0 Å². The Bertz CT molecular complexity index is 301. The molecule has 0 atom stereocenters. The maximum absolute atomic E-state index is 12.7. The highest BCUT2D eigenvalue weighted by atomic mass is 127. The van der Waals surface area contributed by atoms with E-state index in [0.29, 0.717) is 14.9 Å². The van der Waals surface area contributed by atoms with E-state index in [-0.39, 0.29) is 5.56 Å². The zero-order valence-electron chi connectivity index (χ0n) is 5.27. The van der Waals surface area contributed by atoms with Gasteiger partial charge in [0.25, 0.3) is 0 Å². The van der Waals surface area contributed by atoms with Gasteiger partial charge in [0.15, 0.2) is 6.29 Å². The first kappa shape index (κ1) is 8.93. The summed E-state index contributed by atoms with van der Waals surface area (Å²) in [4.78, 5) is 10.2. The summed E-state index contributed by atoms with van der Waals surface area (Å²) in [5, 5.41) is 0.328. The minimum atomic E-state index is -0.578. The van der Waals surface area contributed by atoms with Crippen LogP contribution in [0.2, 0.25) is 5.02 Å². The third-order valence-electron chi connectivity index (χ3n) is 1.17. The van der Waals surface area contributed by atoms with E-state index in [4.69, 9.17) is 11.6 Å². The zero-order valence-corrected chi connectivity index (χ0v) is 8.19. The summed E-state index contributed by atoms with van der Waals surface area (Å²) in [6.45, 7) is 0. The molecule has 58 valence electrons. The van der Waals surface area contributed by atoms with Crippen molar-refractivity contribution in [2.24, 2.45) is 0 Å². The van der Waals surface area contributed by atoms with E-state index in [9.17, 15) is 9.18 Å². The van der Waals surface area contributed by atoms with Crippen molar-refractivity contribution in [2.45, 2.75) is 0 Å². The average molecular weight is 284 g/mol. The fourth-order valence-corrected chi connectivity index (χ4v) is 1.27. The van der Waals surface area contributed by atoms with Crippen LogP contribution in [0.4, 0.5) is 4.39 Å². The molecule has 1 aromatic rings. The van der Waals surface area contributed by atoms with Gasteiger partial charge in [-0.3, -0.25) is 4.79 Å². The first-order valence-corrected chi connectivity index (χ1v) is 4.20. The molecule has 0 radical (unpaired) electrons. The van der Waals surface area contributed by atoms with E-state index in [1.807, 2.05) is 22.6 Å². The molecule has 1 aromatic carbocycles. The molecule has 1 nitrogen and oxygen atoms in total. The van der Waals surface area contributed by atoms with Crippen molar-refractivity contribution in [1.29, 1.82) is 0 Å². The molecule has 0 unspecified atom stereocenters. The largest absolute Gasteiger partial charge is 0.298 e. The number of aldehydes is 1. The van der Waals surface area contributed by atoms with Crippen LogP contribution in [0.15, 0.2) is 12.1 Å². The van der Waals surface area contributed by atoms with Crippen molar-refractivity contribution in [3.8, 4) is 0 Å². The predicted octanol–water partition coefficient (Wildman–Crippen LogP) is 2.90. The van der Waals surface area contributed by atoms with Crippen LogP contribution in [0.25, 0.3) is 0 Å². The van der Waals surface area contributed by atoms with Crippen molar-refractivity contribution in [3.63, 3.8) is 0 Å². The molecular weight excluding hydrogens is 281 g/mol. The van der Waals surface area contributed by atoms with Crippen LogP contribution in [0.3, 0.4) is 0 Å². The minimum absolute atomic E-state index is 0.0406. The Balaban J connectivity index is 3.31. The Hall–Kier alpha value is -0.160. The topological polar surface area (TPSA) is 17.1 Å². The number of hydrogen-bond donors (Lipinski definition) is 0. The summed E-state index contributed by atoms with van der Waals surface area (Å²) < 4.78 is 13.4. The van der Waals surface area contributed by atoms with Crippen molar-refractivity contribution < 1.29 is 9.18 Å². The van der Waals surface area contributed by atoms with Crippen molar-refractivity contribution in [1.82, 2.24) is 0 Å². The molecule has 0 aliphatic heterocycles. The molecule has 0 saturated heterocycles. The molecule has 0 saturated carbocycles. The van der Waals surface area contributed by atoms with Gasteiger partial charge in [-0.2, -0.15) is 0 Å². The molecule has 0 fully saturated rings. The maximum atomic E-state index is 12.7. The molecule has 0 heterocycles. The predicted molar refractivity (Wildman–Crippen MR) is 49.5 cm³/mol. The normalized spacial score (nSPS) is 9.73. The molecule has 0 aromatic heterocycles. The molecule has 4 heteroatoms. The summed E-state index contributed by atoms with van der Waals surface area (Å²) >= 11 is 7.51. The second-order valence-electron chi connectivity index (χ2n) is 1.91. The second-order valence-corrected chi connectivity index (χ2v) is 3.48. The molecule has 0 aliphatic rings. The van der Waals surface area contributed by atoms with Gasteiger partial charge < -0.3 is 0 Å². The van der Waals surface area contributed by atoms with E-state index in [0.717, 1.165) is 6.07 Å². The van der Waals surface area contributed by atoms with Gasteiger partial charge >= 0.3 is 0 Å². The quantitative estimate of drug-likeness (QED) is 0.440. The van der Waals surface area contributed by atoms with Gasteiger partial charge in [-0.15, -0.1) is 0 Å². The first-order valence-electron chi connectivity index (χ1n) is 2.75. The summed E-state index contributed by atoms with van der Waals surface area (Å²) in [6, 6.07) is 2.54. The van der Waals surface area contributed by atoms with Gasteiger partial charge in [-0.25, -0.2) is 4.39 Å². The molecule has 0 bridgehead atoms. The monoisotopic (exact) mass is 284 g/mol. The highest BCUT2D eigenvalue weighted by Gasteiger charge is 2.04. The van der Waals surface area contributed by atoms with Crippen molar-refractivity contribution >= 4 is 40.5 Å². The fourth-order valence-electron chi connectivity index (χ4n) is 0.628. The number of hydrogen-bond acceptors (Lipinski definition) is 1. The lowest BCUT2D eigenvalue weighted by Crippen LogP contribution is -1.88. The van der Waals surface area contributed by atoms with E-state index < -0.39 is 5.82 Å². The Morgan fingerprint density at radius 2 is 2.18 bits per heavy atom. The van der Waals surface area contributed by atoms with Crippen molar-refractivity contribution in [2.75, 3.05) is 0 Å². The molecule has 0 N–H and O–H groups in total. The van der Waals surface area contributed by atoms with Crippen LogP contribution in [0, 0.1) is 9.39 Å².